The molecule has 7 nitrogen and oxygen atoms in total. The molecule has 2 aromatic carbocycles. The van der Waals surface area contributed by atoms with E-state index in [1.54, 1.807) is 6.92 Å². The second-order valence-electron chi connectivity index (χ2n) is 7.56. The fourth-order valence-electron chi connectivity index (χ4n) is 3.77. The molecule has 1 fully saturated rings. The number of aliphatic hydroxyl groups excluding tert-OH is 1. The fraction of sp³-hybridized carbons (Fsp3) is 0.375. The zero-order valence-electron chi connectivity index (χ0n) is 17.6. The number of esters is 1. The van der Waals surface area contributed by atoms with E-state index in [1.807, 2.05) is 60.7 Å². The Morgan fingerprint density at radius 3 is 2.26 bits per heavy atom. The van der Waals surface area contributed by atoms with Gasteiger partial charge in [-0.2, -0.15) is 0 Å². The minimum Gasteiger partial charge on any atom is -0.464 e. The molecule has 2 amide bonds. The van der Waals surface area contributed by atoms with Gasteiger partial charge in [0.15, 0.2) is 6.10 Å². The van der Waals surface area contributed by atoms with Crippen LogP contribution in [0.15, 0.2) is 60.7 Å². The molecule has 31 heavy (non-hydrogen) atoms. The number of carbonyl (C=O) groups is 3. The monoisotopic (exact) mass is 424 g/mol. The van der Waals surface area contributed by atoms with Crippen molar-refractivity contribution in [2.75, 3.05) is 6.61 Å². The summed E-state index contributed by atoms with van der Waals surface area (Å²) in [6, 6.07) is 17.2. The lowest BCUT2D eigenvalue weighted by molar-refractivity contribution is -0.159. The number of amides is 2. The summed E-state index contributed by atoms with van der Waals surface area (Å²) in [7, 11) is 0. The third kappa shape index (κ3) is 5.92. The Kier molecular flexibility index (Phi) is 7.78. The normalized spacial score (nSPS) is 17.5. The Balaban J connectivity index is 1.96. The van der Waals surface area contributed by atoms with Gasteiger partial charge in [-0.05, 0) is 30.9 Å². The predicted octanol–water partition coefficient (Wildman–Crippen LogP) is 1.83. The molecule has 1 saturated heterocycles. The van der Waals surface area contributed by atoms with Crippen LogP contribution in [-0.4, -0.2) is 52.6 Å². The van der Waals surface area contributed by atoms with Gasteiger partial charge in [-0.25, -0.2) is 4.79 Å². The van der Waals surface area contributed by atoms with E-state index in [-0.39, 0.29) is 37.8 Å². The third-order valence-electron chi connectivity index (χ3n) is 5.35. The van der Waals surface area contributed by atoms with Crippen LogP contribution in [0.1, 0.15) is 30.9 Å². The van der Waals surface area contributed by atoms with Gasteiger partial charge in [-0.15, -0.1) is 0 Å². The molecular weight excluding hydrogens is 396 g/mol. The lowest BCUT2D eigenvalue weighted by Crippen LogP contribution is -2.55. The van der Waals surface area contributed by atoms with E-state index in [0.717, 1.165) is 11.1 Å². The number of nitrogens with zero attached hydrogens (tertiary/aromatic N) is 1. The first-order chi connectivity index (χ1) is 15.0. The van der Waals surface area contributed by atoms with Crippen LogP contribution in [0.2, 0.25) is 0 Å². The molecule has 2 aromatic rings. The molecule has 1 aliphatic rings. The van der Waals surface area contributed by atoms with Crippen molar-refractivity contribution < 1.29 is 24.2 Å². The van der Waals surface area contributed by atoms with Gasteiger partial charge in [0.1, 0.15) is 6.04 Å². The van der Waals surface area contributed by atoms with Crippen LogP contribution in [0, 0.1) is 0 Å². The smallest absolute Gasteiger partial charge is 0.337 e. The van der Waals surface area contributed by atoms with E-state index < -0.39 is 24.2 Å². The number of hydrogen-bond donors (Lipinski definition) is 2. The summed E-state index contributed by atoms with van der Waals surface area (Å²) in [6.07, 6.45) is -0.597. The van der Waals surface area contributed by atoms with Gasteiger partial charge in [-0.3, -0.25) is 9.59 Å². The minimum absolute atomic E-state index is 0.124. The Morgan fingerprint density at radius 2 is 1.71 bits per heavy atom. The maximum atomic E-state index is 13.5. The molecule has 1 heterocycles. The second kappa shape index (κ2) is 10.7. The Labute approximate surface area is 182 Å². The summed E-state index contributed by atoms with van der Waals surface area (Å²) in [5.74, 6) is -1.27. The SMILES string of the molecule is CCOC(=O)C(O)C(Cc1ccccc1)N(Cc1ccccc1)C(=O)[C@H]1CCC(=O)N1. The van der Waals surface area contributed by atoms with Crippen LogP contribution >= 0.6 is 0 Å². The molecule has 2 N–H and O–H groups in total. The Hall–Kier alpha value is -3.19. The van der Waals surface area contributed by atoms with E-state index in [0.29, 0.717) is 6.42 Å². The van der Waals surface area contributed by atoms with Crippen LogP contribution in [0.5, 0.6) is 0 Å². The summed E-state index contributed by atoms with van der Waals surface area (Å²) in [5, 5.41) is 13.6. The van der Waals surface area contributed by atoms with Gasteiger partial charge in [0.05, 0.1) is 12.6 Å². The van der Waals surface area contributed by atoms with Crippen molar-refractivity contribution in [3.8, 4) is 0 Å². The summed E-state index contributed by atoms with van der Waals surface area (Å²) >= 11 is 0. The lowest BCUT2D eigenvalue weighted by Gasteiger charge is -2.36. The zero-order chi connectivity index (χ0) is 22.2. The highest BCUT2D eigenvalue weighted by Crippen LogP contribution is 2.21. The molecule has 0 saturated carbocycles. The van der Waals surface area contributed by atoms with Gasteiger partial charge in [0.2, 0.25) is 11.8 Å². The maximum absolute atomic E-state index is 13.5. The van der Waals surface area contributed by atoms with Crippen molar-refractivity contribution in [3.63, 3.8) is 0 Å². The van der Waals surface area contributed by atoms with Gasteiger partial charge in [0.25, 0.3) is 0 Å². The molecule has 164 valence electrons. The van der Waals surface area contributed by atoms with Crippen LogP contribution in [0.4, 0.5) is 0 Å². The van der Waals surface area contributed by atoms with Crippen molar-refractivity contribution >= 4 is 17.8 Å². The third-order valence-corrected chi connectivity index (χ3v) is 5.35. The summed E-state index contributed by atoms with van der Waals surface area (Å²) < 4.78 is 5.05. The van der Waals surface area contributed by atoms with Crippen molar-refractivity contribution in [2.24, 2.45) is 0 Å². The summed E-state index contributed by atoms with van der Waals surface area (Å²) in [6.45, 7) is 1.98. The quantitative estimate of drug-likeness (QED) is 0.599. The van der Waals surface area contributed by atoms with E-state index in [4.69, 9.17) is 4.74 Å². The van der Waals surface area contributed by atoms with E-state index in [2.05, 4.69) is 5.32 Å². The minimum atomic E-state index is -1.52. The highest BCUT2D eigenvalue weighted by Gasteiger charge is 2.39. The highest BCUT2D eigenvalue weighted by molar-refractivity contribution is 5.91. The lowest BCUT2D eigenvalue weighted by atomic mass is 9.97. The van der Waals surface area contributed by atoms with E-state index in [9.17, 15) is 19.5 Å². The number of aliphatic hydroxyl groups is 1. The van der Waals surface area contributed by atoms with E-state index >= 15 is 0 Å². The van der Waals surface area contributed by atoms with Crippen molar-refractivity contribution in [2.45, 2.75) is 50.9 Å². The number of carbonyl (C=O) groups excluding carboxylic acids is 3. The maximum Gasteiger partial charge on any atom is 0.337 e. The second-order valence-corrected chi connectivity index (χ2v) is 7.56. The molecule has 3 atom stereocenters. The first kappa shape index (κ1) is 22.5. The van der Waals surface area contributed by atoms with Gasteiger partial charge >= 0.3 is 5.97 Å². The predicted molar refractivity (Wildman–Crippen MR) is 115 cm³/mol. The average molecular weight is 424 g/mol. The number of ether oxygens (including phenoxy) is 1. The average Bonchev–Trinajstić information content (AvgIpc) is 3.23. The molecule has 3 rings (SSSR count). The van der Waals surface area contributed by atoms with Crippen molar-refractivity contribution in [3.05, 3.63) is 71.8 Å². The number of benzene rings is 2. The van der Waals surface area contributed by atoms with Gasteiger partial charge in [-0.1, -0.05) is 60.7 Å². The Morgan fingerprint density at radius 1 is 1.10 bits per heavy atom. The van der Waals surface area contributed by atoms with Crippen LogP contribution < -0.4 is 5.32 Å². The first-order valence-electron chi connectivity index (χ1n) is 10.5. The van der Waals surface area contributed by atoms with Crippen LogP contribution in [-0.2, 0) is 32.1 Å². The molecule has 0 bridgehead atoms. The van der Waals surface area contributed by atoms with Crippen LogP contribution in [0.3, 0.4) is 0 Å². The van der Waals surface area contributed by atoms with Crippen LogP contribution in [0.25, 0.3) is 0 Å². The number of hydrogen-bond acceptors (Lipinski definition) is 5. The number of rotatable bonds is 9. The first-order valence-corrected chi connectivity index (χ1v) is 10.5. The van der Waals surface area contributed by atoms with Crippen molar-refractivity contribution in [1.29, 1.82) is 0 Å². The molecule has 2 unspecified atom stereocenters. The van der Waals surface area contributed by atoms with Gasteiger partial charge in [0, 0.05) is 13.0 Å². The standard InChI is InChI=1S/C24H28N2O5/c1-2-31-24(30)22(28)20(15-17-9-5-3-6-10-17)26(16-18-11-7-4-8-12-18)23(29)19-13-14-21(27)25-19/h3-12,19-20,22,28H,2,13-16H2,1H3,(H,25,27)/t19-,20?,22?/m1/s1. The summed E-state index contributed by atoms with van der Waals surface area (Å²) in [5.41, 5.74) is 1.73. The molecular formula is C24H28N2O5. The topological polar surface area (TPSA) is 95.9 Å². The highest BCUT2D eigenvalue weighted by atomic mass is 16.5. The Bertz CT molecular complexity index is 887. The zero-order valence-corrected chi connectivity index (χ0v) is 17.6. The summed E-state index contributed by atoms with van der Waals surface area (Å²) in [4.78, 5) is 39.1. The van der Waals surface area contributed by atoms with E-state index in [1.165, 1.54) is 4.90 Å². The fourth-order valence-corrected chi connectivity index (χ4v) is 3.77. The molecule has 0 aromatic heterocycles. The molecule has 1 aliphatic heterocycles. The van der Waals surface area contributed by atoms with Crippen molar-refractivity contribution in [1.82, 2.24) is 10.2 Å². The molecule has 7 heteroatoms. The molecule has 0 aliphatic carbocycles. The number of nitrogens with one attached hydrogen (secondary N) is 1. The molecule has 0 spiro atoms. The van der Waals surface area contributed by atoms with Gasteiger partial charge < -0.3 is 20.1 Å². The largest absolute Gasteiger partial charge is 0.464 e. The molecule has 0 radical (unpaired) electrons.